The van der Waals surface area contributed by atoms with Crippen molar-refractivity contribution in [3.05, 3.63) is 204 Å². The Bertz CT molecular complexity index is 3220. The molecule has 0 unspecified atom stereocenters. The van der Waals surface area contributed by atoms with Crippen molar-refractivity contribution in [2.24, 2.45) is 0 Å². The number of fused-ring (bicyclic) bond motifs is 6. The van der Waals surface area contributed by atoms with Crippen LogP contribution in [0.25, 0.3) is 111 Å². The summed E-state index contributed by atoms with van der Waals surface area (Å²) in [7, 11) is 0. The third kappa shape index (κ3) is 5.56. The Labute approximate surface area is 350 Å². The molecule has 2 heteroatoms. The molecular formula is C58H42O2. The minimum Gasteiger partial charge on any atom is -0.455 e. The fourth-order valence-electron chi connectivity index (χ4n) is 9.70. The third-order valence-corrected chi connectivity index (χ3v) is 12.6. The van der Waals surface area contributed by atoms with Gasteiger partial charge in [-0.05, 0) is 130 Å². The molecule has 2 heterocycles. The molecule has 0 spiro atoms. The summed E-state index contributed by atoms with van der Waals surface area (Å²) in [6.45, 7) is 9.08. The van der Waals surface area contributed by atoms with E-state index < -0.39 is 0 Å². The van der Waals surface area contributed by atoms with Crippen LogP contribution < -0.4 is 0 Å². The lowest BCUT2D eigenvalue weighted by atomic mass is 9.83. The van der Waals surface area contributed by atoms with Crippen molar-refractivity contribution < 1.29 is 8.83 Å². The Morgan fingerprint density at radius 2 is 0.650 bits per heavy atom. The summed E-state index contributed by atoms with van der Waals surface area (Å²) in [6, 6.07) is 65.0. The molecule has 0 aliphatic heterocycles. The van der Waals surface area contributed by atoms with Gasteiger partial charge in [0.1, 0.15) is 22.3 Å². The summed E-state index contributed by atoms with van der Waals surface area (Å²) >= 11 is 0. The Kier molecular flexibility index (Phi) is 8.42. The lowest BCUT2D eigenvalue weighted by Crippen LogP contribution is -1.97. The molecule has 0 radical (unpaired) electrons. The van der Waals surface area contributed by atoms with Crippen LogP contribution in [0.3, 0.4) is 0 Å². The highest BCUT2D eigenvalue weighted by Gasteiger charge is 2.26. The average Bonchev–Trinajstić information content (AvgIpc) is 3.88. The smallest absolute Gasteiger partial charge is 0.143 e. The number of hydrogen-bond donors (Lipinski definition) is 0. The molecule has 0 saturated heterocycles. The molecule has 0 saturated carbocycles. The Hall–Kier alpha value is -7.42. The first-order valence-corrected chi connectivity index (χ1v) is 20.8. The van der Waals surface area contributed by atoms with Crippen molar-refractivity contribution in [1.29, 1.82) is 0 Å². The van der Waals surface area contributed by atoms with E-state index in [0.717, 1.165) is 66.1 Å². The standard InChI is InChI=1S/C58H42O2/c1-35-33-49(45-25-13-11-23-43(45)39-19-7-5-8-20-39)57-55(47-27-15-17-29-51(47)59-57)53(35)41-31-32-42(38(4)37(41)3)54-36(2)34-50(58-56(54)48-28-16-18-30-52(48)60-58)46-26-14-12-24-44(46)40-21-9-6-10-22-40/h5-34H,1-4H3. The van der Waals surface area contributed by atoms with Gasteiger partial charge in [0.25, 0.3) is 0 Å². The van der Waals surface area contributed by atoms with Crippen molar-refractivity contribution in [3.63, 3.8) is 0 Å². The Balaban J connectivity index is 1.13. The first kappa shape index (κ1) is 35.7. The fourth-order valence-corrected chi connectivity index (χ4v) is 9.70. The molecule has 0 atom stereocenters. The van der Waals surface area contributed by atoms with Gasteiger partial charge in [0.2, 0.25) is 0 Å². The van der Waals surface area contributed by atoms with E-state index in [4.69, 9.17) is 8.83 Å². The van der Waals surface area contributed by atoms with E-state index in [1.165, 1.54) is 66.8 Å². The second-order valence-electron chi connectivity index (χ2n) is 16.1. The second kappa shape index (κ2) is 14.1. The van der Waals surface area contributed by atoms with Gasteiger partial charge in [0, 0.05) is 32.7 Å². The maximum absolute atomic E-state index is 6.88. The van der Waals surface area contributed by atoms with E-state index in [1.807, 2.05) is 0 Å². The highest BCUT2D eigenvalue weighted by atomic mass is 16.3. The van der Waals surface area contributed by atoms with E-state index in [1.54, 1.807) is 0 Å². The normalized spacial score (nSPS) is 11.7. The Morgan fingerprint density at radius 1 is 0.300 bits per heavy atom. The third-order valence-electron chi connectivity index (χ3n) is 12.6. The monoisotopic (exact) mass is 770 g/mol. The molecule has 2 aromatic heterocycles. The summed E-state index contributed by atoms with van der Waals surface area (Å²) in [5.74, 6) is 0. The van der Waals surface area contributed by atoms with Gasteiger partial charge in [0.15, 0.2) is 0 Å². The zero-order chi connectivity index (χ0) is 40.5. The SMILES string of the molecule is Cc1cc(-c2ccccc2-c2ccccc2)c2oc3ccccc3c2c1-c1ccc(-c2c(C)cc(-c3ccccc3-c3ccccc3)c3oc4ccccc4c23)c(C)c1C. The molecule has 0 fully saturated rings. The minimum atomic E-state index is 0.891. The van der Waals surface area contributed by atoms with E-state index in [2.05, 4.69) is 210 Å². The van der Waals surface area contributed by atoms with Crippen LogP contribution in [0.5, 0.6) is 0 Å². The lowest BCUT2D eigenvalue weighted by molar-refractivity contribution is 0.669. The summed E-state index contributed by atoms with van der Waals surface area (Å²) in [4.78, 5) is 0. The molecule has 0 amide bonds. The van der Waals surface area contributed by atoms with Crippen LogP contribution in [0.4, 0.5) is 0 Å². The van der Waals surface area contributed by atoms with Crippen molar-refractivity contribution >= 4 is 43.9 Å². The molecular weight excluding hydrogens is 729 g/mol. The summed E-state index contributed by atoms with van der Waals surface area (Å²) < 4.78 is 13.8. The molecule has 11 aromatic rings. The van der Waals surface area contributed by atoms with E-state index in [-0.39, 0.29) is 0 Å². The highest BCUT2D eigenvalue weighted by molar-refractivity contribution is 6.20. The minimum absolute atomic E-state index is 0.891. The zero-order valence-corrected chi connectivity index (χ0v) is 34.1. The number of rotatable bonds is 6. The van der Waals surface area contributed by atoms with Gasteiger partial charge >= 0.3 is 0 Å². The van der Waals surface area contributed by atoms with Crippen molar-refractivity contribution in [1.82, 2.24) is 0 Å². The van der Waals surface area contributed by atoms with Crippen LogP contribution in [0.2, 0.25) is 0 Å². The molecule has 0 aliphatic carbocycles. The van der Waals surface area contributed by atoms with E-state index in [9.17, 15) is 0 Å². The molecule has 0 aliphatic rings. The molecule has 2 nitrogen and oxygen atoms in total. The largest absolute Gasteiger partial charge is 0.455 e. The molecule has 60 heavy (non-hydrogen) atoms. The predicted molar refractivity (Wildman–Crippen MR) is 253 cm³/mol. The van der Waals surface area contributed by atoms with Crippen LogP contribution in [-0.4, -0.2) is 0 Å². The molecule has 286 valence electrons. The van der Waals surface area contributed by atoms with Crippen LogP contribution in [0.1, 0.15) is 22.3 Å². The van der Waals surface area contributed by atoms with Crippen LogP contribution >= 0.6 is 0 Å². The first-order chi connectivity index (χ1) is 29.5. The summed E-state index contributed by atoms with van der Waals surface area (Å²) in [6.07, 6.45) is 0. The number of aryl methyl sites for hydroxylation is 2. The van der Waals surface area contributed by atoms with E-state index >= 15 is 0 Å². The van der Waals surface area contributed by atoms with Crippen LogP contribution in [0, 0.1) is 27.7 Å². The van der Waals surface area contributed by atoms with Gasteiger partial charge in [-0.1, -0.05) is 158 Å². The number of para-hydroxylation sites is 2. The molecule has 0 N–H and O–H groups in total. The van der Waals surface area contributed by atoms with E-state index in [0.29, 0.717) is 0 Å². The van der Waals surface area contributed by atoms with Crippen LogP contribution in [-0.2, 0) is 0 Å². The van der Waals surface area contributed by atoms with Gasteiger partial charge in [0.05, 0.1) is 0 Å². The van der Waals surface area contributed by atoms with Gasteiger partial charge in [-0.25, -0.2) is 0 Å². The maximum atomic E-state index is 6.88. The van der Waals surface area contributed by atoms with Gasteiger partial charge < -0.3 is 8.83 Å². The number of furan rings is 2. The lowest BCUT2D eigenvalue weighted by Gasteiger charge is -2.20. The summed E-state index contributed by atoms with van der Waals surface area (Å²) in [5, 5.41) is 4.55. The molecule has 11 rings (SSSR count). The summed E-state index contributed by atoms with van der Waals surface area (Å²) in [5.41, 5.74) is 22.7. The van der Waals surface area contributed by atoms with Crippen LogP contribution in [0.15, 0.2) is 191 Å². The Morgan fingerprint density at radius 3 is 1.07 bits per heavy atom. The predicted octanol–water partition coefficient (Wildman–Crippen LogP) is 16.7. The topological polar surface area (TPSA) is 26.3 Å². The van der Waals surface area contributed by atoms with Gasteiger partial charge in [-0.2, -0.15) is 0 Å². The van der Waals surface area contributed by atoms with Gasteiger partial charge in [-0.3, -0.25) is 0 Å². The van der Waals surface area contributed by atoms with Crippen molar-refractivity contribution in [2.75, 3.05) is 0 Å². The van der Waals surface area contributed by atoms with Crippen molar-refractivity contribution in [2.45, 2.75) is 27.7 Å². The highest BCUT2D eigenvalue weighted by Crippen LogP contribution is 2.50. The quantitative estimate of drug-likeness (QED) is 0.168. The number of hydrogen-bond acceptors (Lipinski definition) is 2. The average molecular weight is 771 g/mol. The zero-order valence-electron chi connectivity index (χ0n) is 34.1. The molecule has 9 aromatic carbocycles. The number of benzene rings is 9. The second-order valence-corrected chi connectivity index (χ2v) is 16.1. The first-order valence-electron chi connectivity index (χ1n) is 20.8. The molecule has 0 bridgehead atoms. The van der Waals surface area contributed by atoms with Crippen molar-refractivity contribution in [3.8, 4) is 66.8 Å². The maximum Gasteiger partial charge on any atom is 0.143 e. The van der Waals surface area contributed by atoms with Gasteiger partial charge in [-0.15, -0.1) is 0 Å². The fraction of sp³-hybridized carbons (Fsp3) is 0.0690.